The molecule has 0 bridgehead atoms. The van der Waals surface area contributed by atoms with Crippen LogP contribution in [0, 0.1) is 5.92 Å². The zero-order valence-electron chi connectivity index (χ0n) is 11.8. The molecule has 0 radical (unpaired) electrons. The predicted molar refractivity (Wildman–Crippen MR) is 80.7 cm³/mol. The summed E-state index contributed by atoms with van der Waals surface area (Å²) in [6, 6.07) is 8.10. The summed E-state index contributed by atoms with van der Waals surface area (Å²) in [6.07, 6.45) is 4.65. The molecule has 3 rings (SSSR count). The third-order valence-corrected chi connectivity index (χ3v) is 3.76. The molecule has 0 spiro atoms. The fourth-order valence-corrected chi connectivity index (χ4v) is 2.39. The molecule has 2 aromatic rings. The van der Waals surface area contributed by atoms with Crippen LogP contribution < -0.4 is 10.6 Å². The van der Waals surface area contributed by atoms with Gasteiger partial charge in [-0.15, -0.1) is 0 Å². The first-order chi connectivity index (χ1) is 10.2. The molecule has 1 aliphatic carbocycles. The summed E-state index contributed by atoms with van der Waals surface area (Å²) in [6.45, 7) is 0.642. The summed E-state index contributed by atoms with van der Waals surface area (Å²) >= 11 is 0. The normalized spacial score (nSPS) is 14.1. The summed E-state index contributed by atoms with van der Waals surface area (Å²) in [5.41, 5.74) is 2.29. The van der Waals surface area contributed by atoms with E-state index in [1.54, 1.807) is 0 Å². The minimum absolute atomic E-state index is 0.00165. The molecule has 0 saturated heterocycles. The lowest BCUT2D eigenvalue weighted by atomic mass is 10.1. The number of carbonyl (C=O) groups excluding carboxylic acids is 2. The summed E-state index contributed by atoms with van der Waals surface area (Å²) in [4.78, 5) is 26.3. The zero-order chi connectivity index (χ0) is 14.7. The van der Waals surface area contributed by atoms with Crippen LogP contribution in [0.5, 0.6) is 0 Å². The third kappa shape index (κ3) is 3.42. The molecule has 0 atom stereocenters. The van der Waals surface area contributed by atoms with E-state index in [1.165, 1.54) is 10.9 Å². The van der Waals surface area contributed by atoms with E-state index in [9.17, 15) is 9.59 Å². The lowest BCUT2D eigenvalue weighted by Crippen LogP contribution is -2.38. The van der Waals surface area contributed by atoms with Gasteiger partial charge in [-0.2, -0.15) is 0 Å². The zero-order valence-corrected chi connectivity index (χ0v) is 11.8. The van der Waals surface area contributed by atoms with Gasteiger partial charge >= 0.3 is 0 Å². The molecule has 1 aromatic carbocycles. The van der Waals surface area contributed by atoms with Crippen LogP contribution in [0.4, 0.5) is 0 Å². The van der Waals surface area contributed by atoms with Crippen LogP contribution in [0.25, 0.3) is 10.9 Å². The molecule has 2 amide bonds. The Morgan fingerprint density at radius 1 is 1.19 bits per heavy atom. The Labute approximate surface area is 123 Å². The number of hydrogen-bond acceptors (Lipinski definition) is 2. The highest BCUT2D eigenvalue weighted by Crippen LogP contribution is 2.28. The average Bonchev–Trinajstić information content (AvgIpc) is 3.27. The number of hydrogen-bond donors (Lipinski definition) is 3. The van der Waals surface area contributed by atoms with Crippen molar-refractivity contribution >= 4 is 22.7 Å². The maximum Gasteiger partial charge on any atom is 0.239 e. The number of benzene rings is 1. The predicted octanol–water partition coefficient (Wildman–Crippen LogP) is 1.35. The van der Waals surface area contributed by atoms with E-state index in [2.05, 4.69) is 21.7 Å². The van der Waals surface area contributed by atoms with Gasteiger partial charge in [-0.1, -0.05) is 18.2 Å². The standard InChI is InChI=1S/C16H19N3O2/c20-15(10-19-16(21)11-5-6-11)17-8-7-12-9-18-14-4-2-1-3-13(12)14/h1-4,9,11,18H,5-8,10H2,(H,17,20)(H,19,21). The number of amides is 2. The first-order valence-corrected chi connectivity index (χ1v) is 7.33. The quantitative estimate of drug-likeness (QED) is 0.749. The smallest absolute Gasteiger partial charge is 0.239 e. The van der Waals surface area contributed by atoms with Gasteiger partial charge < -0.3 is 15.6 Å². The molecule has 1 aliphatic rings. The second-order valence-corrected chi connectivity index (χ2v) is 5.45. The molecule has 1 saturated carbocycles. The Morgan fingerprint density at radius 2 is 2.00 bits per heavy atom. The van der Waals surface area contributed by atoms with Gasteiger partial charge in [0.15, 0.2) is 0 Å². The molecule has 21 heavy (non-hydrogen) atoms. The van der Waals surface area contributed by atoms with Crippen molar-refractivity contribution < 1.29 is 9.59 Å². The molecule has 5 nitrogen and oxygen atoms in total. The van der Waals surface area contributed by atoms with Gasteiger partial charge in [-0.05, 0) is 30.9 Å². The Balaban J connectivity index is 1.43. The van der Waals surface area contributed by atoms with Gasteiger partial charge in [-0.3, -0.25) is 9.59 Å². The van der Waals surface area contributed by atoms with Crippen LogP contribution >= 0.6 is 0 Å². The number of nitrogens with one attached hydrogen (secondary N) is 3. The Bertz CT molecular complexity index is 658. The number of aromatic nitrogens is 1. The number of fused-ring (bicyclic) bond motifs is 1. The Kier molecular flexibility index (Phi) is 3.90. The number of aromatic amines is 1. The van der Waals surface area contributed by atoms with Gasteiger partial charge in [0.1, 0.15) is 0 Å². The van der Waals surface area contributed by atoms with Crippen molar-refractivity contribution in [1.82, 2.24) is 15.6 Å². The SMILES string of the molecule is O=C(CNC(=O)C1CC1)NCCc1c[nH]c2ccccc12. The van der Waals surface area contributed by atoms with E-state index < -0.39 is 0 Å². The lowest BCUT2D eigenvalue weighted by molar-refractivity contribution is -0.126. The molecular weight excluding hydrogens is 266 g/mol. The van der Waals surface area contributed by atoms with Crippen molar-refractivity contribution in [2.45, 2.75) is 19.3 Å². The van der Waals surface area contributed by atoms with Crippen LogP contribution in [0.2, 0.25) is 0 Å². The van der Waals surface area contributed by atoms with Gasteiger partial charge in [0.25, 0.3) is 0 Å². The lowest BCUT2D eigenvalue weighted by Gasteiger charge is -2.06. The fourth-order valence-electron chi connectivity index (χ4n) is 2.39. The highest BCUT2D eigenvalue weighted by molar-refractivity contribution is 5.87. The number of carbonyl (C=O) groups is 2. The molecular formula is C16H19N3O2. The summed E-state index contributed by atoms with van der Waals surface area (Å²) < 4.78 is 0. The number of H-pyrrole nitrogens is 1. The Hall–Kier alpha value is -2.30. The second-order valence-electron chi connectivity index (χ2n) is 5.45. The van der Waals surface area contributed by atoms with Gasteiger partial charge in [0.05, 0.1) is 6.54 Å². The third-order valence-electron chi connectivity index (χ3n) is 3.76. The minimum atomic E-state index is -0.135. The van der Waals surface area contributed by atoms with E-state index in [-0.39, 0.29) is 24.3 Å². The van der Waals surface area contributed by atoms with Crippen molar-refractivity contribution in [3.8, 4) is 0 Å². The molecule has 5 heteroatoms. The highest BCUT2D eigenvalue weighted by atomic mass is 16.2. The van der Waals surface area contributed by atoms with Crippen molar-refractivity contribution in [2.24, 2.45) is 5.92 Å². The summed E-state index contributed by atoms with van der Waals surface area (Å²) in [7, 11) is 0. The van der Waals surface area contributed by atoms with E-state index in [1.807, 2.05) is 24.4 Å². The topological polar surface area (TPSA) is 74.0 Å². The van der Waals surface area contributed by atoms with Crippen LogP contribution in [-0.2, 0) is 16.0 Å². The van der Waals surface area contributed by atoms with E-state index in [4.69, 9.17) is 0 Å². The average molecular weight is 285 g/mol. The number of rotatable bonds is 6. The highest BCUT2D eigenvalue weighted by Gasteiger charge is 2.29. The van der Waals surface area contributed by atoms with E-state index in [0.29, 0.717) is 6.54 Å². The van der Waals surface area contributed by atoms with E-state index >= 15 is 0 Å². The second kappa shape index (κ2) is 5.99. The molecule has 1 fully saturated rings. The molecule has 3 N–H and O–H groups in total. The minimum Gasteiger partial charge on any atom is -0.361 e. The van der Waals surface area contributed by atoms with Crippen LogP contribution in [0.15, 0.2) is 30.5 Å². The van der Waals surface area contributed by atoms with Gasteiger partial charge in [0, 0.05) is 29.6 Å². The van der Waals surface area contributed by atoms with Crippen molar-refractivity contribution in [3.05, 3.63) is 36.0 Å². The maximum atomic E-state index is 11.6. The van der Waals surface area contributed by atoms with Crippen LogP contribution in [0.1, 0.15) is 18.4 Å². The van der Waals surface area contributed by atoms with E-state index in [0.717, 1.165) is 24.8 Å². The maximum absolute atomic E-state index is 11.6. The monoisotopic (exact) mass is 285 g/mol. The largest absolute Gasteiger partial charge is 0.361 e. The van der Waals surface area contributed by atoms with Crippen LogP contribution in [0.3, 0.4) is 0 Å². The van der Waals surface area contributed by atoms with Gasteiger partial charge in [0.2, 0.25) is 11.8 Å². The number of para-hydroxylation sites is 1. The first kappa shape index (κ1) is 13.7. The molecule has 110 valence electrons. The molecule has 1 aromatic heterocycles. The van der Waals surface area contributed by atoms with Crippen molar-refractivity contribution in [2.75, 3.05) is 13.1 Å². The Morgan fingerprint density at radius 3 is 2.81 bits per heavy atom. The van der Waals surface area contributed by atoms with Crippen LogP contribution in [-0.4, -0.2) is 29.9 Å². The molecule has 1 heterocycles. The van der Waals surface area contributed by atoms with Crippen molar-refractivity contribution in [3.63, 3.8) is 0 Å². The fraction of sp³-hybridized carbons (Fsp3) is 0.375. The summed E-state index contributed by atoms with van der Waals surface area (Å²) in [5.74, 6) is 0.00893. The molecule has 0 aliphatic heterocycles. The van der Waals surface area contributed by atoms with Crippen molar-refractivity contribution in [1.29, 1.82) is 0 Å². The summed E-state index contributed by atoms with van der Waals surface area (Å²) in [5, 5.41) is 6.68. The molecule has 0 unspecified atom stereocenters. The van der Waals surface area contributed by atoms with Gasteiger partial charge in [-0.25, -0.2) is 0 Å². The first-order valence-electron chi connectivity index (χ1n) is 7.33.